The Bertz CT molecular complexity index is 373. The highest BCUT2D eigenvalue weighted by molar-refractivity contribution is 5.67. The number of allylic oxidation sites excluding steroid dienone is 3. The van der Waals surface area contributed by atoms with Gasteiger partial charge < -0.3 is 0 Å². The molecular weight excluding hydrogens is 172 g/mol. The molecule has 1 heteroatoms. The monoisotopic (exact) mass is 186 g/mol. The van der Waals surface area contributed by atoms with E-state index >= 15 is 0 Å². The number of hydrogen-bond donors (Lipinski definition) is 0. The van der Waals surface area contributed by atoms with Crippen molar-refractivity contribution in [2.24, 2.45) is 0 Å². The van der Waals surface area contributed by atoms with E-state index in [4.69, 9.17) is 0 Å². The molecule has 72 valence electrons. The summed E-state index contributed by atoms with van der Waals surface area (Å²) < 4.78 is 0. The fourth-order valence-corrected chi connectivity index (χ4v) is 1.26. The molecule has 0 aromatic heterocycles. The van der Waals surface area contributed by atoms with Crippen LogP contribution in [0.15, 0.2) is 42.0 Å². The van der Waals surface area contributed by atoms with E-state index in [0.717, 1.165) is 17.4 Å². The highest BCUT2D eigenvalue weighted by atomic mass is 16.1. The van der Waals surface area contributed by atoms with Gasteiger partial charge in [0.25, 0.3) is 0 Å². The zero-order chi connectivity index (χ0) is 10.4. The number of rotatable bonds is 3. The van der Waals surface area contributed by atoms with Gasteiger partial charge in [0.2, 0.25) is 0 Å². The standard InChI is InChI=1S/C13H14O/c1-11-5-3-7-13(9-11)10-12(2)6-4-8-14/h3-10H,1-2H3/b6-4-,12-10+. The van der Waals surface area contributed by atoms with E-state index in [2.05, 4.69) is 19.1 Å². The first-order chi connectivity index (χ1) is 6.72. The summed E-state index contributed by atoms with van der Waals surface area (Å²) in [5.74, 6) is 0. The SMILES string of the molecule is CC(/C=C\C=O)=C\c1cccc(C)c1. The lowest BCUT2D eigenvalue weighted by Crippen LogP contribution is -1.76. The van der Waals surface area contributed by atoms with Crippen LogP contribution in [0.1, 0.15) is 18.1 Å². The van der Waals surface area contributed by atoms with Crippen molar-refractivity contribution in [2.45, 2.75) is 13.8 Å². The first kappa shape index (κ1) is 10.5. The molecule has 0 radical (unpaired) electrons. The molecule has 0 heterocycles. The quantitative estimate of drug-likeness (QED) is 0.402. The van der Waals surface area contributed by atoms with Crippen molar-refractivity contribution in [3.8, 4) is 0 Å². The summed E-state index contributed by atoms with van der Waals surface area (Å²) in [6.07, 6.45) is 6.14. The Kier molecular flexibility index (Phi) is 3.86. The van der Waals surface area contributed by atoms with Crippen molar-refractivity contribution >= 4 is 12.4 Å². The summed E-state index contributed by atoms with van der Waals surface area (Å²) in [5, 5.41) is 0. The molecule has 0 unspecified atom stereocenters. The van der Waals surface area contributed by atoms with Crippen LogP contribution in [-0.4, -0.2) is 6.29 Å². The molecule has 14 heavy (non-hydrogen) atoms. The molecule has 0 aliphatic carbocycles. The summed E-state index contributed by atoms with van der Waals surface area (Å²) in [6.45, 7) is 4.04. The average molecular weight is 186 g/mol. The molecule has 1 aromatic carbocycles. The van der Waals surface area contributed by atoms with E-state index in [-0.39, 0.29) is 0 Å². The lowest BCUT2D eigenvalue weighted by Gasteiger charge is -1.96. The minimum absolute atomic E-state index is 0.785. The average Bonchev–Trinajstić information content (AvgIpc) is 2.15. The van der Waals surface area contributed by atoms with Gasteiger partial charge in [0, 0.05) is 0 Å². The third-order valence-electron chi connectivity index (χ3n) is 1.87. The lowest BCUT2D eigenvalue weighted by molar-refractivity contribution is -0.104. The minimum atomic E-state index is 0.785. The van der Waals surface area contributed by atoms with Crippen molar-refractivity contribution in [3.05, 3.63) is 53.1 Å². The maximum atomic E-state index is 10.1. The molecule has 0 amide bonds. The van der Waals surface area contributed by atoms with Crippen LogP contribution in [0.5, 0.6) is 0 Å². The van der Waals surface area contributed by atoms with E-state index in [0.29, 0.717) is 0 Å². The molecule has 0 aliphatic rings. The number of benzene rings is 1. The van der Waals surface area contributed by atoms with Gasteiger partial charge in [0.15, 0.2) is 0 Å². The Morgan fingerprint density at radius 2 is 2.14 bits per heavy atom. The summed E-state index contributed by atoms with van der Waals surface area (Å²) in [4.78, 5) is 10.1. The maximum absolute atomic E-state index is 10.1. The van der Waals surface area contributed by atoms with E-state index < -0.39 is 0 Å². The summed E-state index contributed by atoms with van der Waals surface area (Å²) in [6, 6.07) is 8.25. The summed E-state index contributed by atoms with van der Waals surface area (Å²) >= 11 is 0. The zero-order valence-electron chi connectivity index (χ0n) is 8.53. The number of aldehydes is 1. The van der Waals surface area contributed by atoms with Crippen LogP contribution in [0.25, 0.3) is 6.08 Å². The Balaban J connectivity index is 2.85. The van der Waals surface area contributed by atoms with Crippen molar-refractivity contribution in [2.75, 3.05) is 0 Å². The second kappa shape index (κ2) is 5.18. The van der Waals surface area contributed by atoms with E-state index in [1.165, 1.54) is 11.6 Å². The van der Waals surface area contributed by atoms with Gasteiger partial charge in [-0.1, -0.05) is 47.6 Å². The van der Waals surface area contributed by atoms with E-state index in [1.54, 1.807) is 6.08 Å². The smallest absolute Gasteiger partial charge is 0.142 e. The molecule has 0 aliphatic heterocycles. The molecule has 0 saturated carbocycles. The third-order valence-corrected chi connectivity index (χ3v) is 1.87. The predicted octanol–water partition coefficient (Wildman–Crippen LogP) is 3.15. The Labute approximate surface area is 84.8 Å². The molecule has 0 spiro atoms. The van der Waals surface area contributed by atoms with Crippen LogP contribution in [0.4, 0.5) is 0 Å². The van der Waals surface area contributed by atoms with Gasteiger partial charge in [-0.25, -0.2) is 0 Å². The normalized spacial score (nSPS) is 12.0. The van der Waals surface area contributed by atoms with Crippen molar-refractivity contribution < 1.29 is 4.79 Å². The second-order valence-electron chi connectivity index (χ2n) is 3.30. The molecule has 0 atom stereocenters. The molecule has 0 N–H and O–H groups in total. The molecular formula is C13H14O. The Morgan fingerprint density at radius 1 is 1.36 bits per heavy atom. The van der Waals surface area contributed by atoms with Crippen LogP contribution in [-0.2, 0) is 4.79 Å². The number of carbonyl (C=O) groups excluding carboxylic acids is 1. The Morgan fingerprint density at radius 3 is 2.79 bits per heavy atom. The van der Waals surface area contributed by atoms with Crippen LogP contribution in [0, 0.1) is 6.92 Å². The minimum Gasteiger partial charge on any atom is -0.299 e. The fourth-order valence-electron chi connectivity index (χ4n) is 1.26. The van der Waals surface area contributed by atoms with Gasteiger partial charge in [-0.2, -0.15) is 0 Å². The lowest BCUT2D eigenvalue weighted by atomic mass is 10.1. The van der Waals surface area contributed by atoms with E-state index in [9.17, 15) is 4.79 Å². The predicted molar refractivity (Wildman–Crippen MR) is 60.0 cm³/mol. The zero-order valence-corrected chi connectivity index (χ0v) is 8.53. The fraction of sp³-hybridized carbons (Fsp3) is 0.154. The largest absolute Gasteiger partial charge is 0.299 e. The van der Waals surface area contributed by atoms with Crippen molar-refractivity contribution in [1.29, 1.82) is 0 Å². The van der Waals surface area contributed by atoms with Crippen LogP contribution in [0.3, 0.4) is 0 Å². The highest BCUT2D eigenvalue weighted by Gasteiger charge is 1.88. The van der Waals surface area contributed by atoms with Gasteiger partial charge in [-0.3, -0.25) is 4.79 Å². The first-order valence-electron chi connectivity index (χ1n) is 4.59. The van der Waals surface area contributed by atoms with Crippen LogP contribution in [0.2, 0.25) is 0 Å². The maximum Gasteiger partial charge on any atom is 0.142 e. The number of hydrogen-bond acceptors (Lipinski definition) is 1. The second-order valence-corrected chi connectivity index (χ2v) is 3.30. The molecule has 0 bridgehead atoms. The van der Waals surface area contributed by atoms with Gasteiger partial charge in [-0.15, -0.1) is 0 Å². The van der Waals surface area contributed by atoms with Crippen molar-refractivity contribution in [1.82, 2.24) is 0 Å². The Hall–Kier alpha value is -1.63. The molecule has 1 nitrogen and oxygen atoms in total. The molecule has 0 fully saturated rings. The van der Waals surface area contributed by atoms with Crippen molar-refractivity contribution in [3.63, 3.8) is 0 Å². The molecule has 0 saturated heterocycles. The van der Waals surface area contributed by atoms with Gasteiger partial charge in [0.05, 0.1) is 0 Å². The summed E-state index contributed by atoms with van der Waals surface area (Å²) in [5.41, 5.74) is 3.48. The number of carbonyl (C=O) groups is 1. The van der Waals surface area contributed by atoms with Gasteiger partial charge in [-0.05, 0) is 25.5 Å². The first-order valence-corrected chi connectivity index (χ1v) is 4.59. The van der Waals surface area contributed by atoms with Gasteiger partial charge in [0.1, 0.15) is 6.29 Å². The third kappa shape index (κ3) is 3.40. The summed E-state index contributed by atoms with van der Waals surface area (Å²) in [7, 11) is 0. The van der Waals surface area contributed by atoms with Gasteiger partial charge >= 0.3 is 0 Å². The molecule has 1 rings (SSSR count). The van der Waals surface area contributed by atoms with E-state index in [1.807, 2.05) is 25.1 Å². The van der Waals surface area contributed by atoms with Crippen LogP contribution < -0.4 is 0 Å². The highest BCUT2D eigenvalue weighted by Crippen LogP contribution is 2.09. The molecule has 1 aromatic rings. The topological polar surface area (TPSA) is 17.1 Å². The van der Waals surface area contributed by atoms with Crippen LogP contribution >= 0.6 is 0 Å². The number of aryl methyl sites for hydroxylation is 1.